The maximum atomic E-state index is 10.9. The summed E-state index contributed by atoms with van der Waals surface area (Å²) in [5.74, 6) is 0.174. The van der Waals surface area contributed by atoms with Gasteiger partial charge in [-0.15, -0.1) is 0 Å². The first kappa shape index (κ1) is 13.4. The zero-order chi connectivity index (χ0) is 8.27. The summed E-state index contributed by atoms with van der Waals surface area (Å²) < 4.78 is 2.81. The minimum atomic E-state index is 0. The predicted octanol–water partition coefficient (Wildman–Crippen LogP) is -2.95. The van der Waals surface area contributed by atoms with Crippen LogP contribution in [0.4, 0.5) is 0 Å². The minimum Gasteiger partial charge on any atom is -0.705 e. The number of amides is 1. The minimum absolute atomic E-state index is 0. The van der Waals surface area contributed by atoms with Crippen molar-refractivity contribution < 1.29 is 56.2 Å². The van der Waals surface area contributed by atoms with Crippen LogP contribution in [0.2, 0.25) is 0 Å². The second-order valence-corrected chi connectivity index (χ2v) is 3.13. The molecule has 1 fully saturated rings. The van der Waals surface area contributed by atoms with Crippen LogP contribution in [-0.4, -0.2) is 29.9 Å². The van der Waals surface area contributed by atoms with E-state index in [4.69, 9.17) is 12.8 Å². The molecule has 1 N–H and O–H groups in total. The van der Waals surface area contributed by atoms with Crippen LogP contribution in [0, 0.1) is 0 Å². The molecule has 1 heterocycles. The third-order valence-corrected chi connectivity index (χ3v) is 2.44. The van der Waals surface area contributed by atoms with Crippen molar-refractivity contribution in [2.75, 3.05) is 13.1 Å². The molecule has 0 aliphatic carbocycles. The smallest absolute Gasteiger partial charge is 0.705 e. The van der Waals surface area contributed by atoms with E-state index in [1.807, 2.05) is 4.90 Å². The number of likely N-dealkylation sites (tertiary alicyclic amines) is 1. The van der Waals surface area contributed by atoms with Crippen LogP contribution in [0.5, 0.6) is 0 Å². The van der Waals surface area contributed by atoms with E-state index in [1.165, 1.54) is 0 Å². The molecule has 5 heteroatoms. The number of nitrogens with zero attached hydrogens (tertiary/aromatic N) is 1. The molecule has 1 aliphatic rings. The van der Waals surface area contributed by atoms with E-state index in [2.05, 4.69) is 4.72 Å². The Kier molecular flexibility index (Phi) is 7.61. The summed E-state index contributed by atoms with van der Waals surface area (Å²) in [4.78, 5) is 12.7. The number of nitrogens with one attached hydrogen (secondary N) is 1. The Bertz CT molecular complexity index is 148. The number of hydrogen-bond donors (Lipinski definition) is 1. The van der Waals surface area contributed by atoms with Gasteiger partial charge >= 0.3 is 51.4 Å². The Morgan fingerprint density at radius 3 is 2.33 bits per heavy atom. The molecule has 1 amide bonds. The van der Waals surface area contributed by atoms with Crippen LogP contribution in [-0.2, 0) is 17.6 Å². The van der Waals surface area contributed by atoms with Gasteiger partial charge in [0.1, 0.15) is 0 Å². The molecule has 0 unspecified atom stereocenters. The fraction of sp³-hybridized carbons (Fsp3) is 0.857. The molecule has 64 valence electrons. The molecule has 0 radical (unpaired) electrons. The Morgan fingerprint density at radius 2 is 2.00 bits per heavy atom. The van der Waals surface area contributed by atoms with Gasteiger partial charge in [-0.3, -0.25) is 4.79 Å². The molecule has 0 aromatic rings. The summed E-state index contributed by atoms with van der Waals surface area (Å²) >= 11 is 4.72. The summed E-state index contributed by atoms with van der Waals surface area (Å²) in [5, 5.41) is 0. The average Bonchev–Trinajstić information content (AvgIpc) is 2.05. The molecule has 1 rings (SSSR count). The molecule has 0 aromatic heterocycles. The van der Waals surface area contributed by atoms with Gasteiger partial charge in [0.15, 0.2) is 0 Å². The topological polar surface area (TPSA) is 32.3 Å². The van der Waals surface area contributed by atoms with E-state index in [-0.39, 0.29) is 57.3 Å². The zero-order valence-corrected chi connectivity index (χ0v) is 11.6. The van der Waals surface area contributed by atoms with E-state index >= 15 is 0 Å². The second kappa shape index (κ2) is 6.81. The van der Waals surface area contributed by atoms with Crippen molar-refractivity contribution >= 4 is 18.7 Å². The van der Waals surface area contributed by atoms with Gasteiger partial charge in [0, 0.05) is 20.0 Å². The summed E-state index contributed by atoms with van der Waals surface area (Å²) in [6, 6.07) is 0.431. The van der Waals surface area contributed by atoms with Crippen LogP contribution >= 0.6 is 0 Å². The molecule has 3 nitrogen and oxygen atoms in total. The molecule has 0 atom stereocenters. The summed E-state index contributed by atoms with van der Waals surface area (Å²) in [5.41, 5.74) is 0. The standard InChI is InChI=1S/C7H13N2OS.K/c1-6(10)9-4-2-7(8-11)3-5-9;/h7-8H,2-5H2,1H3;/q-1;+1. The first-order chi connectivity index (χ1) is 5.24. The van der Waals surface area contributed by atoms with Crippen LogP contribution in [0.3, 0.4) is 0 Å². The number of carbonyl (C=O) groups excluding carboxylic acids is 1. The van der Waals surface area contributed by atoms with Crippen molar-refractivity contribution in [3.63, 3.8) is 0 Å². The fourth-order valence-corrected chi connectivity index (χ4v) is 1.55. The van der Waals surface area contributed by atoms with Gasteiger partial charge in [-0.1, -0.05) is 0 Å². The Morgan fingerprint density at radius 1 is 1.50 bits per heavy atom. The Labute approximate surface area is 122 Å². The van der Waals surface area contributed by atoms with Crippen LogP contribution < -0.4 is 56.1 Å². The van der Waals surface area contributed by atoms with Crippen molar-refractivity contribution in [2.24, 2.45) is 0 Å². The molecule has 0 spiro atoms. The van der Waals surface area contributed by atoms with Crippen molar-refractivity contribution in [3.05, 3.63) is 0 Å². The van der Waals surface area contributed by atoms with Crippen molar-refractivity contribution in [2.45, 2.75) is 25.8 Å². The quantitative estimate of drug-likeness (QED) is 0.373. The normalized spacial score (nSPS) is 18.7. The Hall–Kier alpha value is 1.42. The number of piperidine rings is 1. The van der Waals surface area contributed by atoms with Gasteiger partial charge in [0.05, 0.1) is 0 Å². The van der Waals surface area contributed by atoms with Crippen molar-refractivity contribution in [1.29, 1.82) is 0 Å². The van der Waals surface area contributed by atoms with Gasteiger partial charge in [0.2, 0.25) is 5.91 Å². The zero-order valence-electron chi connectivity index (χ0n) is 7.67. The van der Waals surface area contributed by atoms with Crippen LogP contribution in [0.15, 0.2) is 0 Å². The molecule has 1 saturated heterocycles. The first-order valence-corrected chi connectivity index (χ1v) is 4.28. The average molecular weight is 212 g/mol. The molecule has 0 bridgehead atoms. The third kappa shape index (κ3) is 4.08. The molecular formula is C7H13KN2OS. The summed E-state index contributed by atoms with van der Waals surface area (Å²) in [6.07, 6.45) is 1.98. The number of hydrogen-bond acceptors (Lipinski definition) is 3. The molecule has 1 aliphatic heterocycles. The van der Waals surface area contributed by atoms with E-state index < -0.39 is 0 Å². The number of carbonyl (C=O) groups is 1. The molecule has 0 aromatic carbocycles. The fourth-order valence-electron chi connectivity index (χ4n) is 1.31. The molecular weight excluding hydrogens is 199 g/mol. The monoisotopic (exact) mass is 212 g/mol. The largest absolute Gasteiger partial charge is 1.00 e. The van der Waals surface area contributed by atoms with Crippen LogP contribution in [0.25, 0.3) is 0 Å². The Balaban J connectivity index is 0.00000121. The summed E-state index contributed by atoms with van der Waals surface area (Å²) in [6.45, 7) is 3.31. The predicted molar refractivity (Wildman–Crippen MR) is 45.8 cm³/mol. The van der Waals surface area contributed by atoms with Gasteiger partial charge in [-0.2, -0.15) is 0 Å². The van der Waals surface area contributed by atoms with E-state index in [0.717, 1.165) is 25.9 Å². The molecule has 0 saturated carbocycles. The van der Waals surface area contributed by atoms with Crippen LogP contribution in [0.1, 0.15) is 19.8 Å². The number of rotatable bonds is 1. The molecule has 12 heavy (non-hydrogen) atoms. The van der Waals surface area contributed by atoms with E-state index in [0.29, 0.717) is 6.04 Å². The van der Waals surface area contributed by atoms with E-state index in [1.54, 1.807) is 6.92 Å². The maximum absolute atomic E-state index is 10.9. The van der Waals surface area contributed by atoms with Gasteiger partial charge in [-0.25, -0.2) is 0 Å². The van der Waals surface area contributed by atoms with Gasteiger partial charge in [-0.05, 0) is 18.9 Å². The maximum Gasteiger partial charge on any atom is 1.00 e. The van der Waals surface area contributed by atoms with Crippen molar-refractivity contribution in [3.8, 4) is 0 Å². The van der Waals surface area contributed by atoms with Gasteiger partial charge < -0.3 is 22.4 Å². The SMILES string of the molecule is CC(=O)N1CCC(N[S-])CC1.[K+]. The van der Waals surface area contributed by atoms with Crippen molar-refractivity contribution in [1.82, 2.24) is 9.62 Å². The third-order valence-electron chi connectivity index (χ3n) is 2.11. The van der Waals surface area contributed by atoms with E-state index in [9.17, 15) is 4.79 Å². The second-order valence-electron chi connectivity index (χ2n) is 2.90. The first-order valence-electron chi connectivity index (χ1n) is 3.87. The van der Waals surface area contributed by atoms with Gasteiger partial charge in [0.25, 0.3) is 0 Å². The summed E-state index contributed by atoms with van der Waals surface area (Å²) in [7, 11) is 0.